The van der Waals surface area contributed by atoms with Crippen molar-refractivity contribution in [3.8, 4) is 6.07 Å². The van der Waals surface area contributed by atoms with Gasteiger partial charge in [-0.2, -0.15) is 5.26 Å². The molecular formula is C28H27N5O. The minimum atomic E-state index is 0.119. The molecule has 34 heavy (non-hydrogen) atoms. The highest BCUT2D eigenvalue weighted by molar-refractivity contribution is 5.98. The van der Waals surface area contributed by atoms with Crippen molar-refractivity contribution in [1.29, 1.82) is 5.26 Å². The summed E-state index contributed by atoms with van der Waals surface area (Å²) in [7, 11) is 0. The van der Waals surface area contributed by atoms with Crippen molar-refractivity contribution in [3.05, 3.63) is 107 Å². The van der Waals surface area contributed by atoms with E-state index in [1.165, 1.54) is 5.56 Å². The average Bonchev–Trinajstić information content (AvgIpc) is 3.16. The van der Waals surface area contributed by atoms with E-state index in [2.05, 4.69) is 38.7 Å². The maximum absolute atomic E-state index is 13.3. The fourth-order valence-electron chi connectivity index (χ4n) is 4.61. The third-order valence-corrected chi connectivity index (χ3v) is 6.55. The Morgan fingerprint density at radius 1 is 1.00 bits per heavy atom. The lowest BCUT2D eigenvalue weighted by molar-refractivity contribution is 0.0625. The highest BCUT2D eigenvalue weighted by atomic mass is 16.2. The zero-order chi connectivity index (χ0) is 23.3. The summed E-state index contributed by atoms with van der Waals surface area (Å²) >= 11 is 0. The van der Waals surface area contributed by atoms with Crippen LogP contribution in [0.25, 0.3) is 6.08 Å². The molecule has 0 saturated carbocycles. The average molecular weight is 450 g/mol. The largest absolute Gasteiger partial charge is 0.336 e. The van der Waals surface area contributed by atoms with Crippen molar-refractivity contribution in [3.63, 3.8) is 0 Å². The molecule has 0 N–H and O–H groups in total. The zero-order valence-electron chi connectivity index (χ0n) is 19.1. The number of aromatic nitrogens is 2. The Balaban J connectivity index is 1.20. The fraction of sp³-hybridized carbons (Fsp3) is 0.250. The van der Waals surface area contributed by atoms with Gasteiger partial charge >= 0.3 is 0 Å². The van der Waals surface area contributed by atoms with E-state index in [4.69, 9.17) is 5.26 Å². The van der Waals surface area contributed by atoms with Gasteiger partial charge in [-0.1, -0.05) is 48.6 Å². The second-order valence-electron chi connectivity index (χ2n) is 8.76. The first-order chi connectivity index (χ1) is 16.7. The molecule has 1 fully saturated rings. The minimum Gasteiger partial charge on any atom is -0.336 e. The molecule has 6 nitrogen and oxygen atoms in total. The Bertz CT molecular complexity index is 1270. The number of rotatable bonds is 5. The minimum absolute atomic E-state index is 0.119. The number of carbonyl (C=O) groups is 1. The van der Waals surface area contributed by atoms with Gasteiger partial charge in [-0.3, -0.25) is 9.69 Å². The predicted molar refractivity (Wildman–Crippen MR) is 132 cm³/mol. The number of piperazine rings is 1. The molecule has 6 heteroatoms. The van der Waals surface area contributed by atoms with Crippen LogP contribution < -0.4 is 0 Å². The van der Waals surface area contributed by atoms with E-state index in [1.807, 2.05) is 66.0 Å². The Kier molecular flexibility index (Phi) is 6.37. The van der Waals surface area contributed by atoms with Crippen molar-refractivity contribution in [2.75, 3.05) is 26.2 Å². The van der Waals surface area contributed by atoms with Gasteiger partial charge in [0.1, 0.15) is 0 Å². The first kappa shape index (κ1) is 21.9. The molecule has 2 aliphatic rings. The molecule has 1 aliphatic heterocycles. The molecule has 1 saturated heterocycles. The molecule has 0 atom stereocenters. The number of allylic oxidation sites excluding steroid dienone is 3. The predicted octanol–water partition coefficient (Wildman–Crippen LogP) is 3.89. The molecule has 2 aromatic carbocycles. The topological polar surface area (TPSA) is 65.2 Å². The number of hydrogen-bond donors (Lipinski definition) is 0. The third kappa shape index (κ3) is 4.70. The van der Waals surface area contributed by atoms with Crippen molar-refractivity contribution in [2.45, 2.75) is 19.5 Å². The third-order valence-electron chi connectivity index (χ3n) is 6.55. The van der Waals surface area contributed by atoms with Gasteiger partial charge in [0.15, 0.2) is 0 Å². The summed E-state index contributed by atoms with van der Waals surface area (Å²) in [6.07, 6.45) is 12.9. The van der Waals surface area contributed by atoms with Crippen LogP contribution in [0.1, 0.15) is 38.3 Å². The van der Waals surface area contributed by atoms with Crippen LogP contribution >= 0.6 is 0 Å². The fourth-order valence-corrected chi connectivity index (χ4v) is 4.61. The van der Waals surface area contributed by atoms with Gasteiger partial charge in [0.05, 0.1) is 23.7 Å². The summed E-state index contributed by atoms with van der Waals surface area (Å²) in [5.41, 5.74) is 6.00. The lowest BCUT2D eigenvalue weighted by Gasteiger charge is -2.35. The summed E-state index contributed by atoms with van der Waals surface area (Å²) in [5, 5.41) is 8.99. The monoisotopic (exact) mass is 449 g/mol. The number of hydrogen-bond acceptors (Lipinski definition) is 4. The molecular weight excluding hydrogens is 422 g/mol. The Morgan fingerprint density at radius 2 is 1.82 bits per heavy atom. The van der Waals surface area contributed by atoms with E-state index in [0.29, 0.717) is 18.7 Å². The molecule has 2 heterocycles. The van der Waals surface area contributed by atoms with Gasteiger partial charge in [0.25, 0.3) is 5.91 Å². The van der Waals surface area contributed by atoms with E-state index >= 15 is 0 Å². The van der Waals surface area contributed by atoms with Crippen molar-refractivity contribution < 1.29 is 4.79 Å². The van der Waals surface area contributed by atoms with Crippen LogP contribution in [0.5, 0.6) is 0 Å². The number of amides is 1. The Labute approximate surface area is 200 Å². The molecule has 0 radical (unpaired) electrons. The van der Waals surface area contributed by atoms with Crippen LogP contribution in [-0.2, 0) is 19.5 Å². The van der Waals surface area contributed by atoms with Crippen LogP contribution in [0.4, 0.5) is 0 Å². The summed E-state index contributed by atoms with van der Waals surface area (Å²) in [6, 6.07) is 15.9. The standard InChI is InChI=1S/C28H27N5O/c29-17-22-9-11-23(12-10-22)19-33-21-30-18-25(33)20-31-13-15-32(16-14-31)28(34)27-8-4-6-24-5-2-1-3-7-26(24)27/h1-4,6-12,18,21H,5,13-16,19-20H2. The van der Waals surface area contributed by atoms with E-state index in [-0.39, 0.29) is 5.91 Å². The first-order valence-corrected chi connectivity index (χ1v) is 11.7. The van der Waals surface area contributed by atoms with Crippen LogP contribution in [0.2, 0.25) is 0 Å². The van der Waals surface area contributed by atoms with Gasteiger partial charge < -0.3 is 9.47 Å². The molecule has 0 spiro atoms. The highest BCUT2D eigenvalue weighted by Crippen LogP contribution is 2.22. The number of nitriles is 1. The van der Waals surface area contributed by atoms with Crippen molar-refractivity contribution >= 4 is 12.0 Å². The highest BCUT2D eigenvalue weighted by Gasteiger charge is 2.24. The number of nitrogens with zero attached hydrogens (tertiary/aromatic N) is 5. The molecule has 170 valence electrons. The maximum Gasteiger partial charge on any atom is 0.254 e. The van der Waals surface area contributed by atoms with E-state index in [9.17, 15) is 4.79 Å². The maximum atomic E-state index is 13.3. The first-order valence-electron chi connectivity index (χ1n) is 11.7. The molecule has 1 amide bonds. The van der Waals surface area contributed by atoms with Crippen LogP contribution in [0.3, 0.4) is 0 Å². The van der Waals surface area contributed by atoms with Crippen LogP contribution in [0, 0.1) is 11.3 Å². The number of imidazole rings is 1. The van der Waals surface area contributed by atoms with E-state index in [1.54, 1.807) is 0 Å². The zero-order valence-corrected chi connectivity index (χ0v) is 19.1. The number of fused-ring (bicyclic) bond motifs is 1. The van der Waals surface area contributed by atoms with Crippen molar-refractivity contribution in [1.82, 2.24) is 19.4 Å². The molecule has 1 aliphatic carbocycles. The number of carbonyl (C=O) groups excluding carboxylic acids is 1. The molecule has 1 aromatic heterocycles. The normalized spacial score (nSPS) is 15.6. The summed E-state index contributed by atoms with van der Waals surface area (Å²) in [4.78, 5) is 22.0. The quantitative estimate of drug-likeness (QED) is 0.593. The SMILES string of the molecule is N#Cc1ccc(Cn2cncc2CN2CCN(C(=O)c3cccc4c3C=CC=CC4)CC2)cc1. The van der Waals surface area contributed by atoms with E-state index < -0.39 is 0 Å². The molecule has 0 bridgehead atoms. The van der Waals surface area contributed by atoms with Crippen molar-refractivity contribution in [2.24, 2.45) is 0 Å². The summed E-state index contributed by atoms with van der Waals surface area (Å²) < 4.78 is 2.15. The van der Waals surface area contributed by atoms with Crippen LogP contribution in [0.15, 0.2) is 73.2 Å². The van der Waals surface area contributed by atoms with Gasteiger partial charge in [0, 0.05) is 51.0 Å². The van der Waals surface area contributed by atoms with Crippen LogP contribution in [-0.4, -0.2) is 51.4 Å². The lowest BCUT2D eigenvalue weighted by atomic mass is 9.98. The van der Waals surface area contributed by atoms with E-state index in [0.717, 1.165) is 55.0 Å². The van der Waals surface area contributed by atoms with Gasteiger partial charge in [-0.25, -0.2) is 4.98 Å². The number of benzene rings is 2. The second kappa shape index (κ2) is 9.90. The van der Waals surface area contributed by atoms with Gasteiger partial charge in [-0.15, -0.1) is 0 Å². The lowest BCUT2D eigenvalue weighted by Crippen LogP contribution is -2.48. The van der Waals surface area contributed by atoms with Gasteiger partial charge in [0.2, 0.25) is 0 Å². The van der Waals surface area contributed by atoms with Gasteiger partial charge in [-0.05, 0) is 41.3 Å². The smallest absolute Gasteiger partial charge is 0.254 e. The Hall–Kier alpha value is -3.95. The second-order valence-corrected chi connectivity index (χ2v) is 8.76. The molecule has 3 aromatic rings. The summed E-state index contributed by atoms with van der Waals surface area (Å²) in [6.45, 7) is 4.62. The Morgan fingerprint density at radius 3 is 2.62 bits per heavy atom. The summed E-state index contributed by atoms with van der Waals surface area (Å²) in [5.74, 6) is 0.119. The molecule has 0 unspecified atom stereocenters. The molecule has 5 rings (SSSR count).